The van der Waals surface area contributed by atoms with E-state index in [2.05, 4.69) is 38.7 Å². The number of aliphatic imine (C=N–C) groups is 1. The van der Waals surface area contributed by atoms with Gasteiger partial charge in [0.2, 0.25) is 0 Å². The third-order valence-electron chi connectivity index (χ3n) is 6.65. The van der Waals surface area contributed by atoms with Crippen LogP contribution in [-0.4, -0.2) is 58.2 Å². The van der Waals surface area contributed by atoms with Crippen molar-refractivity contribution in [3.8, 4) is 5.00 Å². The molecule has 0 aliphatic carbocycles. The SMILES string of the molecule is Cc1nnc2n1-c1sc(CCCCCCN3CCOCC3)cc1C(c1ccccc1Cl)=NC2C. The first-order valence-corrected chi connectivity index (χ1v) is 13.5. The van der Waals surface area contributed by atoms with Gasteiger partial charge in [-0.2, -0.15) is 0 Å². The zero-order valence-corrected chi connectivity index (χ0v) is 21.5. The van der Waals surface area contributed by atoms with Crippen LogP contribution >= 0.6 is 22.9 Å². The quantitative estimate of drug-likeness (QED) is 0.378. The van der Waals surface area contributed by atoms with Crippen molar-refractivity contribution in [1.82, 2.24) is 19.7 Å². The fourth-order valence-electron chi connectivity index (χ4n) is 4.79. The number of thiophene rings is 1. The number of nitrogens with zero attached hydrogens (tertiary/aromatic N) is 5. The normalized spacial score (nSPS) is 18.3. The Bertz CT molecular complexity index is 1160. The van der Waals surface area contributed by atoms with Gasteiger partial charge in [0.05, 0.1) is 18.9 Å². The van der Waals surface area contributed by atoms with Crippen LogP contribution in [-0.2, 0) is 11.2 Å². The van der Waals surface area contributed by atoms with Crippen LogP contribution in [0.15, 0.2) is 35.3 Å². The summed E-state index contributed by atoms with van der Waals surface area (Å²) in [7, 11) is 0. The van der Waals surface area contributed by atoms with E-state index in [1.54, 1.807) is 0 Å². The van der Waals surface area contributed by atoms with Crippen LogP contribution in [0, 0.1) is 6.92 Å². The average molecular weight is 498 g/mol. The molecule has 4 heterocycles. The van der Waals surface area contributed by atoms with Gasteiger partial charge in [-0.25, -0.2) is 0 Å². The van der Waals surface area contributed by atoms with Gasteiger partial charge in [0, 0.05) is 34.1 Å². The monoisotopic (exact) mass is 497 g/mol. The molecule has 0 saturated carbocycles. The molecule has 0 radical (unpaired) electrons. The largest absolute Gasteiger partial charge is 0.379 e. The fraction of sp³-hybridized carbons (Fsp3) is 0.500. The third kappa shape index (κ3) is 4.98. The summed E-state index contributed by atoms with van der Waals surface area (Å²) in [6, 6.07) is 10.2. The molecule has 3 aromatic rings. The maximum absolute atomic E-state index is 6.61. The smallest absolute Gasteiger partial charge is 0.162 e. The predicted molar refractivity (Wildman–Crippen MR) is 139 cm³/mol. The van der Waals surface area contributed by atoms with Crippen molar-refractivity contribution in [2.45, 2.75) is 52.0 Å². The Labute approximate surface area is 210 Å². The molecule has 1 fully saturated rings. The number of aryl methyl sites for hydroxylation is 2. The van der Waals surface area contributed by atoms with Crippen LogP contribution in [0.25, 0.3) is 5.00 Å². The van der Waals surface area contributed by atoms with Gasteiger partial charge in [0.1, 0.15) is 16.9 Å². The Hall–Kier alpha value is -2.06. The number of aromatic nitrogens is 3. The van der Waals surface area contributed by atoms with Gasteiger partial charge in [-0.05, 0) is 51.8 Å². The number of rotatable bonds is 8. The lowest BCUT2D eigenvalue weighted by Crippen LogP contribution is -2.36. The predicted octanol–water partition coefficient (Wildman–Crippen LogP) is 5.64. The highest BCUT2D eigenvalue weighted by Gasteiger charge is 2.28. The van der Waals surface area contributed by atoms with Crippen molar-refractivity contribution < 1.29 is 4.74 Å². The molecule has 34 heavy (non-hydrogen) atoms. The Morgan fingerprint density at radius 2 is 1.85 bits per heavy atom. The van der Waals surface area contributed by atoms with Gasteiger partial charge in [-0.1, -0.05) is 42.6 Å². The van der Waals surface area contributed by atoms with Crippen molar-refractivity contribution in [3.63, 3.8) is 0 Å². The van der Waals surface area contributed by atoms with Crippen LogP contribution < -0.4 is 0 Å². The molecule has 1 atom stereocenters. The Morgan fingerprint density at radius 1 is 1.06 bits per heavy atom. The zero-order chi connectivity index (χ0) is 23.5. The average Bonchev–Trinajstić information content (AvgIpc) is 3.41. The fourth-order valence-corrected chi connectivity index (χ4v) is 6.27. The first-order valence-electron chi connectivity index (χ1n) is 12.3. The second-order valence-corrected chi connectivity index (χ2v) is 10.6. The van der Waals surface area contributed by atoms with Gasteiger partial charge in [-0.15, -0.1) is 21.5 Å². The molecule has 180 valence electrons. The van der Waals surface area contributed by atoms with Crippen molar-refractivity contribution in [2.24, 2.45) is 4.99 Å². The Balaban J connectivity index is 1.32. The van der Waals surface area contributed by atoms with Gasteiger partial charge < -0.3 is 4.74 Å². The molecule has 0 amide bonds. The second-order valence-electron chi connectivity index (χ2n) is 9.12. The van der Waals surface area contributed by atoms with Gasteiger partial charge in [0.15, 0.2) is 5.82 Å². The summed E-state index contributed by atoms with van der Waals surface area (Å²) in [4.78, 5) is 8.99. The summed E-state index contributed by atoms with van der Waals surface area (Å²) < 4.78 is 7.63. The number of benzene rings is 1. The Kier molecular flexibility index (Phi) is 7.44. The molecule has 0 spiro atoms. The molecule has 2 aromatic heterocycles. The van der Waals surface area contributed by atoms with Gasteiger partial charge >= 0.3 is 0 Å². The van der Waals surface area contributed by atoms with Gasteiger partial charge in [0.25, 0.3) is 0 Å². The van der Waals surface area contributed by atoms with Crippen LogP contribution in [0.5, 0.6) is 0 Å². The summed E-state index contributed by atoms with van der Waals surface area (Å²) in [5, 5.41) is 10.7. The van der Waals surface area contributed by atoms with Crippen molar-refractivity contribution in [1.29, 1.82) is 0 Å². The molecular formula is C26H32ClN5OS. The number of halogens is 1. The topological polar surface area (TPSA) is 55.5 Å². The van der Waals surface area contributed by atoms with Crippen LogP contribution in [0.2, 0.25) is 5.02 Å². The van der Waals surface area contributed by atoms with E-state index in [4.69, 9.17) is 21.3 Å². The molecule has 2 aliphatic heterocycles. The second kappa shape index (κ2) is 10.7. The Morgan fingerprint density at radius 3 is 2.68 bits per heavy atom. The molecule has 0 N–H and O–H groups in total. The highest BCUT2D eigenvalue weighted by molar-refractivity contribution is 7.15. The summed E-state index contributed by atoms with van der Waals surface area (Å²) in [6.07, 6.45) is 6.08. The molecule has 5 rings (SSSR count). The summed E-state index contributed by atoms with van der Waals surface area (Å²) in [5.74, 6) is 1.78. The van der Waals surface area contributed by atoms with E-state index in [1.807, 2.05) is 36.5 Å². The van der Waals surface area contributed by atoms with Crippen molar-refractivity contribution >= 4 is 28.6 Å². The molecule has 1 saturated heterocycles. The maximum atomic E-state index is 6.61. The number of fused-ring (bicyclic) bond motifs is 3. The summed E-state index contributed by atoms with van der Waals surface area (Å²) in [5.41, 5.74) is 3.06. The highest BCUT2D eigenvalue weighted by Crippen LogP contribution is 2.37. The minimum atomic E-state index is -0.0954. The van der Waals surface area contributed by atoms with Gasteiger partial charge in [-0.3, -0.25) is 14.5 Å². The van der Waals surface area contributed by atoms with E-state index in [0.29, 0.717) is 0 Å². The third-order valence-corrected chi connectivity index (χ3v) is 8.16. The van der Waals surface area contributed by atoms with E-state index in [-0.39, 0.29) is 6.04 Å². The molecule has 1 aromatic carbocycles. The van der Waals surface area contributed by atoms with Crippen LogP contribution in [0.1, 0.15) is 66.3 Å². The number of morpholine rings is 1. The first kappa shape index (κ1) is 23.7. The molecular weight excluding hydrogens is 466 g/mol. The van der Waals surface area contributed by atoms with Crippen molar-refractivity contribution in [3.05, 3.63) is 63.0 Å². The van der Waals surface area contributed by atoms with E-state index >= 15 is 0 Å². The van der Waals surface area contributed by atoms with Crippen molar-refractivity contribution in [2.75, 3.05) is 32.8 Å². The molecule has 0 bridgehead atoms. The number of hydrogen-bond acceptors (Lipinski definition) is 6. The molecule has 6 nitrogen and oxygen atoms in total. The number of hydrogen-bond donors (Lipinski definition) is 0. The molecule has 1 unspecified atom stereocenters. The van der Waals surface area contributed by atoms with E-state index < -0.39 is 0 Å². The van der Waals surface area contributed by atoms with E-state index in [0.717, 1.165) is 71.2 Å². The number of unbranched alkanes of at least 4 members (excludes halogenated alkanes) is 3. The summed E-state index contributed by atoms with van der Waals surface area (Å²) >= 11 is 8.45. The highest BCUT2D eigenvalue weighted by atomic mass is 35.5. The molecule has 8 heteroatoms. The lowest BCUT2D eigenvalue weighted by Gasteiger charge is -2.26. The van der Waals surface area contributed by atoms with Crippen LogP contribution in [0.3, 0.4) is 0 Å². The minimum absolute atomic E-state index is 0.0954. The van der Waals surface area contributed by atoms with Crippen LogP contribution in [0.4, 0.5) is 0 Å². The molecule has 2 aliphatic rings. The van der Waals surface area contributed by atoms with E-state index in [9.17, 15) is 0 Å². The lowest BCUT2D eigenvalue weighted by atomic mass is 10.0. The minimum Gasteiger partial charge on any atom is -0.379 e. The lowest BCUT2D eigenvalue weighted by molar-refractivity contribution is 0.0371. The number of ether oxygens (including phenoxy) is 1. The zero-order valence-electron chi connectivity index (χ0n) is 20.0. The standard InChI is InChI=1S/C26H32ClN5OS/c1-18-25-30-29-19(2)32(25)26-22(24(28-18)21-10-6-7-11-23(21)27)17-20(34-26)9-5-3-4-8-12-31-13-15-33-16-14-31/h6-7,10-11,17-18H,3-5,8-9,12-16H2,1-2H3. The maximum Gasteiger partial charge on any atom is 0.162 e. The first-order chi connectivity index (χ1) is 16.6. The van der Waals surface area contributed by atoms with E-state index in [1.165, 1.54) is 37.1 Å². The summed E-state index contributed by atoms with van der Waals surface area (Å²) in [6.45, 7) is 9.22.